The molecule has 1 heterocycles. The Hall–Kier alpha value is -2.44. The van der Waals surface area contributed by atoms with Crippen LogP contribution in [0.2, 0.25) is 10.0 Å². The highest BCUT2D eigenvalue weighted by atomic mass is 35.5. The van der Waals surface area contributed by atoms with Crippen LogP contribution in [0.15, 0.2) is 30.5 Å². The van der Waals surface area contributed by atoms with Crippen LogP contribution in [0.25, 0.3) is 0 Å². The van der Waals surface area contributed by atoms with Crippen molar-refractivity contribution >= 4 is 34.9 Å². The van der Waals surface area contributed by atoms with Gasteiger partial charge in [-0.2, -0.15) is 26.3 Å². The Morgan fingerprint density at radius 3 is 2.19 bits per heavy atom. The van der Waals surface area contributed by atoms with E-state index in [0.717, 1.165) is 12.1 Å². The number of rotatable bonds is 6. The van der Waals surface area contributed by atoms with Crippen molar-refractivity contribution in [3.63, 3.8) is 0 Å². The SMILES string of the molecule is C[C@@](O)(c1cc(Cl)c(NC(=O)NCc2ccc(OCC(F)(F)F)nc2)c(Cl)c1)C(F)(F)F. The summed E-state index contributed by atoms with van der Waals surface area (Å²) in [4.78, 5) is 15.7. The Morgan fingerprint density at radius 2 is 1.72 bits per heavy atom. The van der Waals surface area contributed by atoms with Gasteiger partial charge < -0.3 is 20.5 Å². The van der Waals surface area contributed by atoms with Gasteiger partial charge in [0.1, 0.15) is 0 Å². The van der Waals surface area contributed by atoms with Crippen LogP contribution < -0.4 is 15.4 Å². The lowest BCUT2D eigenvalue weighted by Crippen LogP contribution is -2.39. The number of hydrogen-bond donors (Lipinski definition) is 3. The van der Waals surface area contributed by atoms with Crippen LogP contribution in [0.5, 0.6) is 5.88 Å². The van der Waals surface area contributed by atoms with Crippen molar-refractivity contribution < 1.29 is 41.0 Å². The second-order valence-electron chi connectivity index (χ2n) is 6.60. The van der Waals surface area contributed by atoms with Crippen molar-refractivity contribution in [3.05, 3.63) is 51.6 Å². The van der Waals surface area contributed by atoms with Crippen molar-refractivity contribution in [2.75, 3.05) is 11.9 Å². The van der Waals surface area contributed by atoms with Gasteiger partial charge in [-0.05, 0) is 30.2 Å². The fourth-order valence-electron chi connectivity index (χ4n) is 2.23. The number of halogens is 8. The van der Waals surface area contributed by atoms with E-state index in [1.807, 2.05) is 0 Å². The molecule has 0 spiro atoms. The first kappa shape index (κ1) is 25.8. The van der Waals surface area contributed by atoms with E-state index in [1.54, 1.807) is 0 Å². The lowest BCUT2D eigenvalue weighted by atomic mass is 9.95. The number of carbonyl (C=O) groups is 1. The monoisotopic (exact) mass is 505 g/mol. The number of aliphatic hydroxyl groups is 1. The van der Waals surface area contributed by atoms with E-state index in [1.165, 1.54) is 18.3 Å². The number of pyridine rings is 1. The molecule has 0 saturated heterocycles. The molecule has 1 atom stereocenters. The topological polar surface area (TPSA) is 83.5 Å². The van der Waals surface area contributed by atoms with Crippen LogP contribution in [0.4, 0.5) is 36.8 Å². The molecule has 6 nitrogen and oxygen atoms in total. The molecule has 1 aromatic carbocycles. The number of urea groups is 1. The summed E-state index contributed by atoms with van der Waals surface area (Å²) >= 11 is 11.8. The second kappa shape index (κ2) is 9.59. The maximum absolute atomic E-state index is 13.0. The van der Waals surface area contributed by atoms with Gasteiger partial charge in [-0.1, -0.05) is 29.3 Å². The highest BCUT2D eigenvalue weighted by molar-refractivity contribution is 6.39. The number of aromatic nitrogens is 1. The Kier molecular flexibility index (Phi) is 7.74. The average Bonchev–Trinajstić information content (AvgIpc) is 2.66. The van der Waals surface area contributed by atoms with E-state index >= 15 is 0 Å². The van der Waals surface area contributed by atoms with E-state index in [0.29, 0.717) is 12.5 Å². The van der Waals surface area contributed by atoms with Crippen molar-refractivity contribution in [1.82, 2.24) is 10.3 Å². The molecule has 0 unspecified atom stereocenters. The number of amides is 2. The fourth-order valence-corrected chi connectivity index (χ4v) is 2.82. The third kappa shape index (κ3) is 6.78. The van der Waals surface area contributed by atoms with Crippen LogP contribution in [0, 0.1) is 0 Å². The van der Waals surface area contributed by atoms with Gasteiger partial charge in [-0.15, -0.1) is 0 Å². The largest absolute Gasteiger partial charge is 0.468 e. The number of carbonyl (C=O) groups excluding carboxylic acids is 1. The Morgan fingerprint density at radius 1 is 1.12 bits per heavy atom. The standard InChI is InChI=1S/C18H15Cl2F6N3O3/c1-16(31,18(24,25)26)10-4-11(19)14(12(20)5-10)29-15(30)28-7-9-2-3-13(27-6-9)32-8-17(21,22)23/h2-6,31H,7-8H2,1H3,(H2,28,29,30)/t16-/m1/s1. The molecular formula is C18H15Cl2F6N3O3. The highest BCUT2D eigenvalue weighted by Gasteiger charge is 2.51. The number of nitrogens with zero attached hydrogens (tertiary/aromatic N) is 1. The number of ether oxygens (including phenoxy) is 1. The quantitative estimate of drug-likeness (QED) is 0.457. The molecule has 3 N–H and O–H groups in total. The summed E-state index contributed by atoms with van der Waals surface area (Å²) in [5.41, 5.74) is -3.62. The zero-order valence-electron chi connectivity index (χ0n) is 16.0. The van der Waals surface area contributed by atoms with Crippen LogP contribution >= 0.6 is 23.2 Å². The number of alkyl halides is 6. The zero-order valence-corrected chi connectivity index (χ0v) is 17.5. The van der Waals surface area contributed by atoms with Crippen molar-refractivity contribution in [2.24, 2.45) is 0 Å². The number of hydrogen-bond acceptors (Lipinski definition) is 4. The first-order chi connectivity index (χ1) is 14.6. The van der Waals surface area contributed by atoms with Crippen LogP contribution in [-0.4, -0.2) is 35.1 Å². The fraction of sp³-hybridized carbons (Fsp3) is 0.333. The molecule has 2 rings (SSSR count). The minimum Gasteiger partial charge on any atom is -0.468 e. The van der Waals surface area contributed by atoms with Crippen molar-refractivity contribution in [1.29, 1.82) is 0 Å². The van der Waals surface area contributed by atoms with E-state index in [4.69, 9.17) is 23.2 Å². The predicted octanol–water partition coefficient (Wildman–Crippen LogP) is 5.42. The molecule has 0 fully saturated rings. The minimum atomic E-state index is -4.99. The molecule has 32 heavy (non-hydrogen) atoms. The van der Waals surface area contributed by atoms with E-state index in [-0.39, 0.29) is 28.2 Å². The third-order valence-corrected chi connectivity index (χ3v) is 4.63. The van der Waals surface area contributed by atoms with Gasteiger partial charge in [0.2, 0.25) is 5.88 Å². The summed E-state index contributed by atoms with van der Waals surface area (Å²) in [5, 5.41) is 13.7. The van der Waals surface area contributed by atoms with E-state index < -0.39 is 36.2 Å². The first-order valence-corrected chi connectivity index (χ1v) is 9.33. The first-order valence-electron chi connectivity index (χ1n) is 8.58. The summed E-state index contributed by atoms with van der Waals surface area (Å²) in [6.07, 6.45) is -8.32. The van der Waals surface area contributed by atoms with Crippen molar-refractivity contribution in [2.45, 2.75) is 31.4 Å². The molecule has 0 aliphatic rings. The molecule has 0 aliphatic heterocycles. The second-order valence-corrected chi connectivity index (χ2v) is 7.42. The summed E-state index contributed by atoms with van der Waals surface area (Å²) in [6, 6.07) is 3.36. The highest BCUT2D eigenvalue weighted by Crippen LogP contribution is 2.42. The molecule has 0 aliphatic carbocycles. The lowest BCUT2D eigenvalue weighted by molar-refractivity contribution is -0.258. The maximum Gasteiger partial charge on any atom is 0.422 e. The molecule has 14 heteroatoms. The molecule has 1 aromatic heterocycles. The Labute approximate surface area is 187 Å². The lowest BCUT2D eigenvalue weighted by Gasteiger charge is -2.27. The number of benzene rings is 1. The van der Waals surface area contributed by atoms with Crippen LogP contribution in [0.3, 0.4) is 0 Å². The summed E-state index contributed by atoms with van der Waals surface area (Å²) in [6.45, 7) is -1.07. The van der Waals surface area contributed by atoms with E-state index in [2.05, 4.69) is 20.4 Å². The maximum atomic E-state index is 13.0. The zero-order chi connectivity index (χ0) is 24.3. The van der Waals surface area contributed by atoms with Gasteiger partial charge in [-0.25, -0.2) is 9.78 Å². The van der Waals surface area contributed by atoms with Crippen molar-refractivity contribution in [3.8, 4) is 5.88 Å². The van der Waals surface area contributed by atoms with Gasteiger partial charge in [0.05, 0.1) is 15.7 Å². The molecule has 2 amide bonds. The molecule has 0 saturated carbocycles. The summed E-state index contributed by atoms with van der Waals surface area (Å²) < 4.78 is 79.8. The number of anilines is 1. The predicted molar refractivity (Wildman–Crippen MR) is 104 cm³/mol. The number of nitrogens with one attached hydrogen (secondary N) is 2. The molecule has 0 bridgehead atoms. The Bertz CT molecular complexity index is 943. The molecule has 0 radical (unpaired) electrons. The van der Waals surface area contributed by atoms with Gasteiger partial charge in [0.25, 0.3) is 0 Å². The summed E-state index contributed by atoms with van der Waals surface area (Å²) in [5.74, 6) is -0.260. The molecular weight excluding hydrogens is 491 g/mol. The minimum absolute atomic E-state index is 0.103. The average molecular weight is 506 g/mol. The Balaban J connectivity index is 2.00. The summed E-state index contributed by atoms with van der Waals surface area (Å²) in [7, 11) is 0. The molecule has 2 aromatic rings. The third-order valence-electron chi connectivity index (χ3n) is 4.03. The molecule has 176 valence electrons. The van der Waals surface area contributed by atoms with Gasteiger partial charge in [-0.3, -0.25) is 0 Å². The van der Waals surface area contributed by atoms with E-state index in [9.17, 15) is 36.2 Å². The van der Waals surface area contributed by atoms with Crippen LogP contribution in [0.1, 0.15) is 18.1 Å². The normalized spacial score (nSPS) is 13.9. The van der Waals surface area contributed by atoms with Gasteiger partial charge >= 0.3 is 18.4 Å². The van der Waals surface area contributed by atoms with Crippen LogP contribution in [-0.2, 0) is 12.1 Å². The van der Waals surface area contributed by atoms with Gasteiger partial charge in [0.15, 0.2) is 12.2 Å². The smallest absolute Gasteiger partial charge is 0.422 e. The van der Waals surface area contributed by atoms with Gasteiger partial charge in [0, 0.05) is 18.8 Å².